The van der Waals surface area contributed by atoms with Crippen molar-refractivity contribution >= 4 is 0 Å². The summed E-state index contributed by atoms with van der Waals surface area (Å²) < 4.78 is 5.77. The fraction of sp³-hybridized carbons (Fsp3) is 1.00. The maximum absolute atomic E-state index is 5.77. The number of nitrogens with zero attached hydrogens (tertiary/aromatic N) is 1. The Hall–Kier alpha value is -0.120. The summed E-state index contributed by atoms with van der Waals surface area (Å²) in [5.74, 6) is 0.747. The van der Waals surface area contributed by atoms with Crippen LogP contribution in [0.2, 0.25) is 0 Å². The Labute approximate surface area is 120 Å². The van der Waals surface area contributed by atoms with Gasteiger partial charge in [0.05, 0.1) is 6.61 Å². The summed E-state index contributed by atoms with van der Waals surface area (Å²) >= 11 is 0. The van der Waals surface area contributed by atoms with Crippen molar-refractivity contribution < 1.29 is 4.74 Å². The van der Waals surface area contributed by atoms with Crippen LogP contribution < -0.4 is 5.32 Å². The second kappa shape index (κ2) is 9.73. The monoisotopic (exact) mass is 270 g/mol. The predicted octanol–water partition coefficient (Wildman–Crippen LogP) is 2.90. The van der Waals surface area contributed by atoms with Crippen molar-refractivity contribution in [3.63, 3.8) is 0 Å². The zero-order chi connectivity index (χ0) is 14.1. The van der Waals surface area contributed by atoms with Crippen LogP contribution in [0.4, 0.5) is 0 Å². The van der Waals surface area contributed by atoms with Crippen LogP contribution in [0.5, 0.6) is 0 Å². The molecule has 0 saturated carbocycles. The lowest BCUT2D eigenvalue weighted by Crippen LogP contribution is -2.56. The molecule has 114 valence electrons. The Morgan fingerprint density at radius 3 is 2.68 bits per heavy atom. The molecule has 0 amide bonds. The van der Waals surface area contributed by atoms with Gasteiger partial charge in [0.2, 0.25) is 0 Å². The first-order chi connectivity index (χ1) is 9.17. The van der Waals surface area contributed by atoms with Gasteiger partial charge in [0.15, 0.2) is 0 Å². The van der Waals surface area contributed by atoms with Crippen LogP contribution in [0.25, 0.3) is 0 Å². The highest BCUT2D eigenvalue weighted by molar-refractivity contribution is 4.85. The van der Waals surface area contributed by atoms with Crippen molar-refractivity contribution in [2.24, 2.45) is 5.92 Å². The summed E-state index contributed by atoms with van der Waals surface area (Å²) in [7, 11) is 0. The van der Waals surface area contributed by atoms with Crippen molar-refractivity contribution in [3.05, 3.63) is 0 Å². The second-order valence-electron chi connectivity index (χ2n) is 6.25. The van der Waals surface area contributed by atoms with Gasteiger partial charge < -0.3 is 10.1 Å². The molecule has 0 aliphatic carbocycles. The topological polar surface area (TPSA) is 24.5 Å². The quantitative estimate of drug-likeness (QED) is 0.652. The van der Waals surface area contributed by atoms with Crippen LogP contribution in [-0.2, 0) is 4.74 Å². The Morgan fingerprint density at radius 1 is 1.26 bits per heavy atom. The molecule has 3 heteroatoms. The fourth-order valence-corrected chi connectivity index (χ4v) is 2.75. The van der Waals surface area contributed by atoms with E-state index in [-0.39, 0.29) is 0 Å². The molecule has 0 aromatic carbocycles. The zero-order valence-electron chi connectivity index (χ0n) is 13.5. The lowest BCUT2D eigenvalue weighted by molar-refractivity contribution is 0.0591. The van der Waals surface area contributed by atoms with Gasteiger partial charge in [-0.25, -0.2) is 0 Å². The van der Waals surface area contributed by atoms with Crippen molar-refractivity contribution in [1.82, 2.24) is 10.2 Å². The Morgan fingerprint density at radius 2 is 2.05 bits per heavy atom. The van der Waals surface area contributed by atoms with E-state index in [0.717, 1.165) is 32.2 Å². The van der Waals surface area contributed by atoms with Crippen LogP contribution in [0.3, 0.4) is 0 Å². The first kappa shape index (κ1) is 16.9. The van der Waals surface area contributed by atoms with Gasteiger partial charge in [-0.15, -0.1) is 0 Å². The van der Waals surface area contributed by atoms with E-state index in [1.165, 1.54) is 32.2 Å². The summed E-state index contributed by atoms with van der Waals surface area (Å²) in [6.45, 7) is 14.3. The Kier molecular flexibility index (Phi) is 8.67. The molecule has 1 aliphatic rings. The average molecular weight is 270 g/mol. The maximum atomic E-state index is 5.77. The van der Waals surface area contributed by atoms with E-state index in [1.807, 2.05) is 0 Å². The largest absolute Gasteiger partial charge is 0.380 e. The molecule has 2 unspecified atom stereocenters. The summed E-state index contributed by atoms with van der Waals surface area (Å²) in [5, 5.41) is 3.69. The molecule has 0 aromatic rings. The normalized spacial score (nSPS) is 25.1. The smallest absolute Gasteiger partial charge is 0.0593 e. The number of hydrogen-bond acceptors (Lipinski definition) is 3. The number of piperazine rings is 1. The molecule has 2 atom stereocenters. The molecule has 1 aliphatic heterocycles. The van der Waals surface area contributed by atoms with E-state index in [4.69, 9.17) is 4.74 Å². The minimum atomic E-state index is 0.684. The molecule has 3 nitrogen and oxygen atoms in total. The predicted molar refractivity (Wildman–Crippen MR) is 82.6 cm³/mol. The van der Waals surface area contributed by atoms with Gasteiger partial charge in [-0.1, -0.05) is 34.1 Å². The Bertz CT molecular complexity index is 221. The third kappa shape index (κ3) is 6.73. The van der Waals surface area contributed by atoms with Gasteiger partial charge in [0.1, 0.15) is 0 Å². The standard InChI is InChI=1S/C16H34N2O/c1-5-7-15-13-18(16(6-2)12-17-15)9-11-19-10-8-14(3)4/h14-17H,5-13H2,1-4H3. The van der Waals surface area contributed by atoms with Crippen molar-refractivity contribution in [2.45, 2.75) is 65.5 Å². The van der Waals surface area contributed by atoms with Gasteiger partial charge >= 0.3 is 0 Å². The first-order valence-electron chi connectivity index (χ1n) is 8.22. The molecular weight excluding hydrogens is 236 g/mol. The van der Waals surface area contributed by atoms with E-state index >= 15 is 0 Å². The van der Waals surface area contributed by atoms with Crippen molar-refractivity contribution in [3.8, 4) is 0 Å². The van der Waals surface area contributed by atoms with Crippen LogP contribution in [0.15, 0.2) is 0 Å². The number of nitrogens with one attached hydrogen (secondary N) is 1. The molecule has 1 rings (SSSR count). The van der Waals surface area contributed by atoms with Crippen LogP contribution in [0.1, 0.15) is 53.4 Å². The summed E-state index contributed by atoms with van der Waals surface area (Å²) in [6.07, 6.45) is 4.98. The second-order valence-corrected chi connectivity index (χ2v) is 6.25. The third-order valence-corrected chi connectivity index (χ3v) is 4.08. The minimum absolute atomic E-state index is 0.684. The van der Waals surface area contributed by atoms with Gasteiger partial charge in [-0.05, 0) is 25.2 Å². The van der Waals surface area contributed by atoms with Crippen LogP contribution in [-0.4, -0.2) is 49.8 Å². The Balaban J connectivity index is 2.23. The van der Waals surface area contributed by atoms with E-state index in [1.54, 1.807) is 0 Å². The first-order valence-corrected chi connectivity index (χ1v) is 8.22. The highest BCUT2D eigenvalue weighted by Gasteiger charge is 2.25. The van der Waals surface area contributed by atoms with E-state index in [0.29, 0.717) is 12.1 Å². The van der Waals surface area contributed by atoms with Gasteiger partial charge in [-0.3, -0.25) is 4.90 Å². The van der Waals surface area contributed by atoms with Gasteiger partial charge in [-0.2, -0.15) is 0 Å². The SMILES string of the molecule is CCCC1CN(CCOCCC(C)C)C(CC)CN1. The molecule has 0 bridgehead atoms. The number of hydrogen-bond donors (Lipinski definition) is 1. The van der Waals surface area contributed by atoms with E-state index in [9.17, 15) is 0 Å². The highest BCUT2D eigenvalue weighted by Crippen LogP contribution is 2.13. The number of ether oxygens (including phenoxy) is 1. The summed E-state index contributed by atoms with van der Waals surface area (Å²) in [5.41, 5.74) is 0. The van der Waals surface area contributed by atoms with E-state index in [2.05, 4.69) is 37.9 Å². The van der Waals surface area contributed by atoms with Crippen molar-refractivity contribution in [2.75, 3.05) is 32.8 Å². The molecule has 1 saturated heterocycles. The summed E-state index contributed by atoms with van der Waals surface area (Å²) in [6, 6.07) is 1.38. The van der Waals surface area contributed by atoms with Gasteiger partial charge in [0.25, 0.3) is 0 Å². The molecular formula is C16H34N2O. The third-order valence-electron chi connectivity index (χ3n) is 4.08. The zero-order valence-corrected chi connectivity index (χ0v) is 13.5. The van der Waals surface area contributed by atoms with E-state index < -0.39 is 0 Å². The average Bonchev–Trinajstić information content (AvgIpc) is 2.38. The molecule has 1 heterocycles. The van der Waals surface area contributed by atoms with Crippen LogP contribution >= 0.6 is 0 Å². The highest BCUT2D eigenvalue weighted by atomic mass is 16.5. The molecule has 0 aromatic heterocycles. The molecule has 0 radical (unpaired) electrons. The molecule has 1 N–H and O–H groups in total. The lowest BCUT2D eigenvalue weighted by atomic mass is 10.0. The number of rotatable bonds is 9. The maximum Gasteiger partial charge on any atom is 0.0593 e. The van der Waals surface area contributed by atoms with Crippen LogP contribution in [0, 0.1) is 5.92 Å². The molecule has 0 spiro atoms. The van der Waals surface area contributed by atoms with Crippen molar-refractivity contribution in [1.29, 1.82) is 0 Å². The molecule has 19 heavy (non-hydrogen) atoms. The summed E-state index contributed by atoms with van der Waals surface area (Å²) in [4.78, 5) is 2.63. The fourth-order valence-electron chi connectivity index (χ4n) is 2.75. The molecule has 1 fully saturated rings. The lowest BCUT2D eigenvalue weighted by Gasteiger charge is -2.40. The van der Waals surface area contributed by atoms with Gasteiger partial charge in [0, 0.05) is 38.3 Å². The minimum Gasteiger partial charge on any atom is -0.380 e.